The Morgan fingerprint density at radius 3 is 2.86 bits per heavy atom. The number of carbonyl (C=O) groups is 2. The van der Waals surface area contributed by atoms with E-state index >= 15 is 0 Å². The zero-order chi connectivity index (χ0) is 15.1. The zero-order valence-corrected chi connectivity index (χ0v) is 11.3. The summed E-state index contributed by atoms with van der Waals surface area (Å²) in [5.41, 5.74) is 1.20. The van der Waals surface area contributed by atoms with Gasteiger partial charge in [0.05, 0.1) is 13.0 Å². The van der Waals surface area contributed by atoms with Gasteiger partial charge in [-0.2, -0.15) is 5.10 Å². The molecular weight excluding hydrogens is 272 g/mol. The Kier molecular flexibility index (Phi) is 4.92. The molecule has 7 nitrogen and oxygen atoms in total. The van der Waals surface area contributed by atoms with Crippen LogP contribution in [0.25, 0.3) is 0 Å². The summed E-state index contributed by atoms with van der Waals surface area (Å²) in [6.07, 6.45) is 3.42. The average Bonchev–Trinajstić information content (AvgIpc) is 2.91. The minimum absolute atomic E-state index is 0.0730. The number of nitrogens with one attached hydrogen (secondary N) is 2. The lowest BCUT2D eigenvalue weighted by molar-refractivity contribution is -0.136. The van der Waals surface area contributed by atoms with Crippen molar-refractivity contribution in [1.29, 1.82) is 0 Å². The molecule has 1 aromatic heterocycles. The van der Waals surface area contributed by atoms with Crippen molar-refractivity contribution in [2.45, 2.75) is 13.0 Å². The van der Waals surface area contributed by atoms with Gasteiger partial charge >= 0.3 is 12.0 Å². The maximum atomic E-state index is 11.7. The minimum Gasteiger partial charge on any atom is -0.481 e. The van der Waals surface area contributed by atoms with Crippen LogP contribution < -0.4 is 10.6 Å². The van der Waals surface area contributed by atoms with Gasteiger partial charge in [-0.3, -0.25) is 9.48 Å². The smallest absolute Gasteiger partial charge is 0.319 e. The third kappa shape index (κ3) is 4.98. The summed E-state index contributed by atoms with van der Waals surface area (Å²) in [6.45, 7) is 1.03. The van der Waals surface area contributed by atoms with Crippen LogP contribution in [0.4, 0.5) is 10.5 Å². The number of carboxylic acid groups (broad SMARTS) is 1. The van der Waals surface area contributed by atoms with Crippen LogP contribution in [0, 0.1) is 0 Å². The number of rotatable bonds is 6. The predicted octanol–water partition coefficient (Wildman–Crippen LogP) is 1.33. The van der Waals surface area contributed by atoms with Crippen molar-refractivity contribution in [3.63, 3.8) is 0 Å². The fourth-order valence-corrected chi connectivity index (χ4v) is 1.83. The fourth-order valence-electron chi connectivity index (χ4n) is 1.83. The number of carbonyl (C=O) groups excluding carboxylic acids is 1. The monoisotopic (exact) mass is 288 g/mol. The van der Waals surface area contributed by atoms with Gasteiger partial charge in [-0.05, 0) is 23.8 Å². The van der Waals surface area contributed by atoms with Gasteiger partial charge in [0.25, 0.3) is 0 Å². The number of urea groups is 1. The van der Waals surface area contributed by atoms with E-state index in [4.69, 9.17) is 5.11 Å². The third-order valence-corrected chi connectivity index (χ3v) is 2.73. The molecule has 0 saturated carbocycles. The summed E-state index contributed by atoms with van der Waals surface area (Å²) in [4.78, 5) is 22.4. The second kappa shape index (κ2) is 7.09. The van der Waals surface area contributed by atoms with E-state index in [2.05, 4.69) is 15.7 Å². The molecule has 0 unspecified atom stereocenters. The van der Waals surface area contributed by atoms with Crippen molar-refractivity contribution >= 4 is 17.7 Å². The summed E-state index contributed by atoms with van der Waals surface area (Å²) in [5.74, 6) is -0.907. The Hall–Kier alpha value is -2.83. The van der Waals surface area contributed by atoms with Gasteiger partial charge in [-0.25, -0.2) is 4.79 Å². The molecule has 21 heavy (non-hydrogen) atoms. The van der Waals surface area contributed by atoms with Crippen LogP contribution in [0.15, 0.2) is 42.7 Å². The third-order valence-electron chi connectivity index (χ3n) is 2.73. The number of amides is 2. The lowest BCUT2D eigenvalue weighted by Gasteiger charge is -2.08. The van der Waals surface area contributed by atoms with E-state index in [0.29, 0.717) is 24.3 Å². The van der Waals surface area contributed by atoms with Crippen LogP contribution in [-0.2, 0) is 17.8 Å². The van der Waals surface area contributed by atoms with Gasteiger partial charge in [-0.15, -0.1) is 0 Å². The van der Waals surface area contributed by atoms with Crippen LogP contribution in [0.2, 0.25) is 0 Å². The SMILES string of the molecule is O=C(O)Cc1cccc(NC(=O)NCCn2cccn2)c1. The fraction of sp³-hybridized carbons (Fsp3) is 0.214. The highest BCUT2D eigenvalue weighted by Gasteiger charge is 2.04. The molecule has 0 fully saturated rings. The maximum Gasteiger partial charge on any atom is 0.319 e. The van der Waals surface area contributed by atoms with Crippen molar-refractivity contribution < 1.29 is 14.7 Å². The lowest BCUT2D eigenvalue weighted by atomic mass is 10.1. The van der Waals surface area contributed by atoms with E-state index in [-0.39, 0.29) is 12.5 Å². The number of hydrogen-bond donors (Lipinski definition) is 3. The van der Waals surface area contributed by atoms with Gasteiger partial charge in [0.2, 0.25) is 0 Å². The topological polar surface area (TPSA) is 96.3 Å². The van der Waals surface area contributed by atoms with E-state index in [0.717, 1.165) is 0 Å². The molecule has 7 heteroatoms. The number of aromatic nitrogens is 2. The second-order valence-electron chi connectivity index (χ2n) is 4.42. The highest BCUT2D eigenvalue weighted by molar-refractivity contribution is 5.89. The molecule has 2 amide bonds. The number of hydrogen-bond acceptors (Lipinski definition) is 3. The molecule has 1 aromatic carbocycles. The second-order valence-corrected chi connectivity index (χ2v) is 4.42. The van der Waals surface area contributed by atoms with Gasteiger partial charge in [0, 0.05) is 24.6 Å². The molecule has 110 valence electrons. The lowest BCUT2D eigenvalue weighted by Crippen LogP contribution is -2.31. The van der Waals surface area contributed by atoms with E-state index in [1.165, 1.54) is 0 Å². The minimum atomic E-state index is -0.907. The molecule has 2 rings (SSSR count). The quantitative estimate of drug-likeness (QED) is 0.747. The van der Waals surface area contributed by atoms with Crippen LogP contribution in [-0.4, -0.2) is 33.4 Å². The van der Waals surface area contributed by atoms with Gasteiger partial charge in [0.15, 0.2) is 0 Å². The van der Waals surface area contributed by atoms with Crippen molar-refractivity contribution in [3.8, 4) is 0 Å². The van der Waals surface area contributed by atoms with E-state index in [1.807, 2.05) is 12.3 Å². The summed E-state index contributed by atoms with van der Waals surface area (Å²) < 4.78 is 1.72. The maximum absolute atomic E-state index is 11.7. The first-order valence-electron chi connectivity index (χ1n) is 6.46. The summed E-state index contributed by atoms with van der Waals surface area (Å²) in [5, 5.41) is 18.1. The highest BCUT2D eigenvalue weighted by Crippen LogP contribution is 2.11. The van der Waals surface area contributed by atoms with Crippen LogP contribution in [0.3, 0.4) is 0 Å². The Morgan fingerprint density at radius 2 is 2.14 bits per heavy atom. The number of nitrogens with zero attached hydrogens (tertiary/aromatic N) is 2. The summed E-state index contributed by atoms with van der Waals surface area (Å²) in [7, 11) is 0. The molecular formula is C14H16N4O3. The average molecular weight is 288 g/mol. The Morgan fingerprint density at radius 1 is 1.29 bits per heavy atom. The zero-order valence-electron chi connectivity index (χ0n) is 11.3. The Balaban J connectivity index is 1.80. The molecule has 3 N–H and O–H groups in total. The number of benzene rings is 1. The summed E-state index contributed by atoms with van der Waals surface area (Å²) >= 11 is 0. The largest absolute Gasteiger partial charge is 0.481 e. The molecule has 0 aliphatic carbocycles. The molecule has 0 bridgehead atoms. The molecule has 2 aromatic rings. The van der Waals surface area contributed by atoms with Crippen LogP contribution in [0.5, 0.6) is 0 Å². The molecule has 0 aliphatic rings. The molecule has 0 saturated heterocycles. The molecule has 0 aliphatic heterocycles. The van der Waals surface area contributed by atoms with Gasteiger partial charge < -0.3 is 15.7 Å². The van der Waals surface area contributed by atoms with Crippen molar-refractivity contribution in [2.24, 2.45) is 0 Å². The molecule has 0 spiro atoms. The molecule has 1 heterocycles. The van der Waals surface area contributed by atoms with E-state index in [9.17, 15) is 9.59 Å². The highest BCUT2D eigenvalue weighted by atomic mass is 16.4. The van der Waals surface area contributed by atoms with Gasteiger partial charge in [0.1, 0.15) is 0 Å². The van der Waals surface area contributed by atoms with Crippen LogP contribution >= 0.6 is 0 Å². The van der Waals surface area contributed by atoms with E-state index < -0.39 is 5.97 Å². The van der Waals surface area contributed by atoms with Crippen LogP contribution in [0.1, 0.15) is 5.56 Å². The molecule has 0 radical (unpaired) electrons. The normalized spacial score (nSPS) is 10.1. The van der Waals surface area contributed by atoms with E-state index in [1.54, 1.807) is 35.1 Å². The Labute approximate surface area is 121 Å². The Bertz CT molecular complexity index is 610. The number of carboxylic acids is 1. The first kappa shape index (κ1) is 14.6. The van der Waals surface area contributed by atoms with Crippen molar-refractivity contribution in [1.82, 2.24) is 15.1 Å². The summed E-state index contributed by atoms with van der Waals surface area (Å²) in [6, 6.07) is 8.23. The first-order chi connectivity index (χ1) is 10.1. The van der Waals surface area contributed by atoms with Gasteiger partial charge in [-0.1, -0.05) is 12.1 Å². The predicted molar refractivity (Wildman–Crippen MR) is 77.0 cm³/mol. The van der Waals surface area contributed by atoms with Crippen molar-refractivity contribution in [3.05, 3.63) is 48.3 Å². The number of anilines is 1. The number of aliphatic carboxylic acids is 1. The molecule has 0 atom stereocenters. The standard InChI is InChI=1S/C14H16N4O3/c19-13(20)10-11-3-1-4-12(9-11)17-14(21)15-6-8-18-7-2-5-16-18/h1-5,7,9H,6,8,10H2,(H,19,20)(H2,15,17,21). The first-order valence-corrected chi connectivity index (χ1v) is 6.46. The van der Waals surface area contributed by atoms with Crippen molar-refractivity contribution in [2.75, 3.05) is 11.9 Å².